The molecule has 1 rings (SSSR count). The van der Waals surface area contributed by atoms with Crippen molar-refractivity contribution in [2.45, 2.75) is 46.0 Å². The topological polar surface area (TPSA) is 30.0 Å². The molecule has 0 saturated heterocycles. The predicted octanol–water partition coefficient (Wildman–Crippen LogP) is 3.41. The summed E-state index contributed by atoms with van der Waals surface area (Å²) in [4.78, 5) is 15.7. The van der Waals surface area contributed by atoms with Gasteiger partial charge in [-0.05, 0) is 30.9 Å². The van der Waals surface area contributed by atoms with E-state index in [4.69, 9.17) is 0 Å². The summed E-state index contributed by atoms with van der Waals surface area (Å²) in [5.41, 5.74) is 1.84. The molecule has 2 nitrogen and oxygen atoms in total. The van der Waals surface area contributed by atoms with E-state index in [1.165, 1.54) is 18.4 Å². The van der Waals surface area contributed by atoms with Crippen LogP contribution in [0.5, 0.6) is 0 Å². The zero-order valence-corrected chi connectivity index (χ0v) is 9.62. The van der Waals surface area contributed by atoms with E-state index in [2.05, 4.69) is 11.9 Å². The number of ketones is 1. The van der Waals surface area contributed by atoms with Gasteiger partial charge in [0.25, 0.3) is 0 Å². The molecule has 0 atom stereocenters. The van der Waals surface area contributed by atoms with E-state index in [1.54, 1.807) is 0 Å². The van der Waals surface area contributed by atoms with E-state index in [1.807, 2.05) is 25.3 Å². The second-order valence-electron chi connectivity index (χ2n) is 3.83. The number of hydrogen-bond acceptors (Lipinski definition) is 2. The summed E-state index contributed by atoms with van der Waals surface area (Å²) in [6, 6.07) is 3.87. The number of aryl methyl sites for hydroxylation is 1. The Hall–Kier alpha value is -1.18. The summed E-state index contributed by atoms with van der Waals surface area (Å²) in [5, 5.41) is 0. The molecule has 1 heterocycles. The molecule has 15 heavy (non-hydrogen) atoms. The summed E-state index contributed by atoms with van der Waals surface area (Å²) in [5.74, 6) is 0.152. The molecule has 0 radical (unpaired) electrons. The molecule has 0 aromatic carbocycles. The Morgan fingerprint density at radius 1 is 1.27 bits per heavy atom. The van der Waals surface area contributed by atoms with Gasteiger partial charge in [-0.3, -0.25) is 9.78 Å². The van der Waals surface area contributed by atoms with Gasteiger partial charge in [0.05, 0.1) is 0 Å². The van der Waals surface area contributed by atoms with Crippen molar-refractivity contribution < 1.29 is 4.79 Å². The molecule has 0 aliphatic carbocycles. The average molecular weight is 205 g/mol. The standard InChI is InChI=1S/C13H19NO/c1-3-5-7-11-8-9-12(14-10-11)13(15)6-4-2/h8-10H,3-7H2,1-2H3. The molecule has 1 aromatic heterocycles. The largest absolute Gasteiger partial charge is 0.292 e. The molecule has 1 aromatic rings. The molecule has 0 saturated carbocycles. The molecule has 0 aliphatic rings. The van der Waals surface area contributed by atoms with Crippen LogP contribution in [0.15, 0.2) is 18.3 Å². The lowest BCUT2D eigenvalue weighted by Crippen LogP contribution is -2.01. The van der Waals surface area contributed by atoms with Crippen molar-refractivity contribution in [3.05, 3.63) is 29.6 Å². The van der Waals surface area contributed by atoms with Gasteiger partial charge in [0.2, 0.25) is 0 Å². The van der Waals surface area contributed by atoms with Crippen LogP contribution in [0, 0.1) is 0 Å². The minimum atomic E-state index is 0.152. The van der Waals surface area contributed by atoms with Crippen LogP contribution < -0.4 is 0 Å². The Labute approximate surface area is 91.7 Å². The maximum atomic E-state index is 11.5. The van der Waals surface area contributed by atoms with Gasteiger partial charge >= 0.3 is 0 Å². The first kappa shape index (κ1) is 11.9. The summed E-state index contributed by atoms with van der Waals surface area (Å²) in [7, 11) is 0. The lowest BCUT2D eigenvalue weighted by Gasteiger charge is -2.01. The molecular formula is C13H19NO. The second-order valence-corrected chi connectivity index (χ2v) is 3.83. The highest BCUT2D eigenvalue weighted by atomic mass is 16.1. The Bertz CT molecular complexity index is 303. The smallest absolute Gasteiger partial charge is 0.181 e. The monoisotopic (exact) mass is 205 g/mol. The van der Waals surface area contributed by atoms with Gasteiger partial charge in [0, 0.05) is 12.6 Å². The van der Waals surface area contributed by atoms with E-state index < -0.39 is 0 Å². The fraction of sp³-hybridized carbons (Fsp3) is 0.538. The van der Waals surface area contributed by atoms with E-state index in [-0.39, 0.29) is 5.78 Å². The molecule has 0 N–H and O–H groups in total. The number of carbonyl (C=O) groups is 1. The highest BCUT2D eigenvalue weighted by molar-refractivity contribution is 5.94. The summed E-state index contributed by atoms with van der Waals surface area (Å²) >= 11 is 0. The van der Waals surface area contributed by atoms with Crippen molar-refractivity contribution in [1.82, 2.24) is 4.98 Å². The Kier molecular flexibility index (Phi) is 5.02. The van der Waals surface area contributed by atoms with Gasteiger partial charge in [0.1, 0.15) is 5.69 Å². The maximum absolute atomic E-state index is 11.5. The van der Waals surface area contributed by atoms with Gasteiger partial charge in [-0.25, -0.2) is 0 Å². The summed E-state index contributed by atoms with van der Waals surface area (Å²) in [6.45, 7) is 4.18. The number of pyridine rings is 1. The van der Waals surface area contributed by atoms with Crippen LogP contribution in [-0.2, 0) is 6.42 Å². The van der Waals surface area contributed by atoms with Crippen molar-refractivity contribution in [3.8, 4) is 0 Å². The van der Waals surface area contributed by atoms with Crippen LogP contribution in [0.2, 0.25) is 0 Å². The molecule has 0 aliphatic heterocycles. The molecular weight excluding hydrogens is 186 g/mol. The number of unbranched alkanes of at least 4 members (excludes halogenated alkanes) is 1. The quantitative estimate of drug-likeness (QED) is 0.666. The van der Waals surface area contributed by atoms with Crippen LogP contribution in [0.25, 0.3) is 0 Å². The van der Waals surface area contributed by atoms with Crippen LogP contribution in [0.1, 0.15) is 55.6 Å². The minimum absolute atomic E-state index is 0.152. The Morgan fingerprint density at radius 2 is 2.07 bits per heavy atom. The third kappa shape index (κ3) is 3.82. The van der Waals surface area contributed by atoms with Gasteiger partial charge < -0.3 is 0 Å². The summed E-state index contributed by atoms with van der Waals surface area (Å²) in [6.07, 6.45) is 6.75. The predicted molar refractivity (Wildman–Crippen MR) is 62.1 cm³/mol. The van der Waals surface area contributed by atoms with E-state index in [0.29, 0.717) is 12.1 Å². The minimum Gasteiger partial charge on any atom is -0.292 e. The summed E-state index contributed by atoms with van der Waals surface area (Å²) < 4.78 is 0. The first-order valence-corrected chi connectivity index (χ1v) is 5.76. The second kappa shape index (κ2) is 6.33. The molecule has 0 unspecified atom stereocenters. The fourth-order valence-electron chi connectivity index (χ4n) is 1.47. The van der Waals surface area contributed by atoms with E-state index >= 15 is 0 Å². The fourth-order valence-corrected chi connectivity index (χ4v) is 1.47. The third-order valence-corrected chi connectivity index (χ3v) is 2.41. The first-order chi connectivity index (χ1) is 7.27. The molecule has 0 fully saturated rings. The zero-order chi connectivity index (χ0) is 11.1. The average Bonchev–Trinajstić information content (AvgIpc) is 2.27. The number of hydrogen-bond donors (Lipinski definition) is 0. The number of rotatable bonds is 6. The third-order valence-electron chi connectivity index (χ3n) is 2.41. The normalized spacial score (nSPS) is 10.3. The van der Waals surface area contributed by atoms with Crippen molar-refractivity contribution in [2.24, 2.45) is 0 Å². The van der Waals surface area contributed by atoms with Crippen molar-refractivity contribution in [2.75, 3.05) is 0 Å². The number of aromatic nitrogens is 1. The highest BCUT2D eigenvalue weighted by Gasteiger charge is 2.05. The SMILES string of the molecule is CCCCc1ccc(C(=O)CCC)nc1. The van der Waals surface area contributed by atoms with Gasteiger partial charge in [0.15, 0.2) is 5.78 Å². The molecule has 0 bridgehead atoms. The lowest BCUT2D eigenvalue weighted by atomic mass is 10.1. The van der Waals surface area contributed by atoms with Crippen LogP contribution in [0.3, 0.4) is 0 Å². The van der Waals surface area contributed by atoms with Crippen molar-refractivity contribution in [3.63, 3.8) is 0 Å². The zero-order valence-electron chi connectivity index (χ0n) is 9.62. The van der Waals surface area contributed by atoms with Crippen LogP contribution in [-0.4, -0.2) is 10.8 Å². The molecule has 0 amide bonds. The maximum Gasteiger partial charge on any atom is 0.181 e. The van der Waals surface area contributed by atoms with Gasteiger partial charge in [-0.2, -0.15) is 0 Å². The first-order valence-electron chi connectivity index (χ1n) is 5.76. The van der Waals surface area contributed by atoms with Crippen LogP contribution in [0.4, 0.5) is 0 Å². The number of nitrogens with zero attached hydrogens (tertiary/aromatic N) is 1. The van der Waals surface area contributed by atoms with Crippen LogP contribution >= 0.6 is 0 Å². The van der Waals surface area contributed by atoms with E-state index in [0.717, 1.165) is 12.8 Å². The molecule has 2 heteroatoms. The number of carbonyl (C=O) groups excluding carboxylic acids is 1. The Morgan fingerprint density at radius 3 is 2.60 bits per heavy atom. The lowest BCUT2D eigenvalue weighted by molar-refractivity contribution is 0.0977. The molecule has 0 spiro atoms. The molecule has 82 valence electrons. The number of Topliss-reactive ketones (excluding diaryl/α,β-unsaturated/α-hetero) is 1. The van der Waals surface area contributed by atoms with E-state index in [9.17, 15) is 4.79 Å². The van der Waals surface area contributed by atoms with Crippen molar-refractivity contribution >= 4 is 5.78 Å². The van der Waals surface area contributed by atoms with Gasteiger partial charge in [-0.15, -0.1) is 0 Å². The Balaban J connectivity index is 2.59. The van der Waals surface area contributed by atoms with Gasteiger partial charge in [-0.1, -0.05) is 26.3 Å². The highest BCUT2D eigenvalue weighted by Crippen LogP contribution is 2.07. The van der Waals surface area contributed by atoms with Crippen molar-refractivity contribution in [1.29, 1.82) is 0 Å².